The number of nitrogens with one attached hydrogen (secondary N) is 1. The van der Waals surface area contributed by atoms with E-state index in [0.29, 0.717) is 6.61 Å². The number of rotatable bonds is 5. The Kier molecular flexibility index (Phi) is 5.51. The van der Waals surface area contributed by atoms with Crippen molar-refractivity contribution in [1.29, 1.82) is 0 Å². The van der Waals surface area contributed by atoms with Crippen LogP contribution in [0.1, 0.15) is 47.0 Å². The maximum Gasteiger partial charge on any atom is 0.407 e. The summed E-state index contributed by atoms with van der Waals surface area (Å²) in [4.78, 5) is 11.2. The molecule has 0 aromatic carbocycles. The highest BCUT2D eigenvalue weighted by Gasteiger charge is 2.23. The lowest BCUT2D eigenvalue weighted by Gasteiger charge is -2.28. The maximum atomic E-state index is 11.2. The fourth-order valence-corrected chi connectivity index (χ4v) is 1.29. The molecule has 1 N–H and O–H groups in total. The van der Waals surface area contributed by atoms with Crippen molar-refractivity contribution in [2.24, 2.45) is 0 Å². The number of carbonyl (C=O) groups excluding carboxylic acids is 1. The molecule has 0 rings (SSSR count). The van der Waals surface area contributed by atoms with Gasteiger partial charge in [-0.1, -0.05) is 20.3 Å². The van der Waals surface area contributed by atoms with E-state index in [2.05, 4.69) is 19.2 Å². The third-order valence-electron chi connectivity index (χ3n) is 2.26. The Morgan fingerprint density at radius 3 is 2.38 bits per heavy atom. The summed E-state index contributed by atoms with van der Waals surface area (Å²) in [5, 5.41) is 2.88. The van der Waals surface area contributed by atoms with E-state index in [-0.39, 0.29) is 11.6 Å². The summed E-state index contributed by atoms with van der Waals surface area (Å²) < 4.78 is 4.84. The highest BCUT2D eigenvalue weighted by Crippen LogP contribution is 2.16. The molecule has 0 spiro atoms. The van der Waals surface area contributed by atoms with Gasteiger partial charge in [0.25, 0.3) is 0 Å². The van der Waals surface area contributed by atoms with Gasteiger partial charge in [0.15, 0.2) is 0 Å². The Bertz CT molecular complexity index is 159. The Balaban J connectivity index is 4.02. The Labute approximate surface area is 80.8 Å². The van der Waals surface area contributed by atoms with Crippen molar-refractivity contribution in [2.45, 2.75) is 52.5 Å². The van der Waals surface area contributed by atoms with Crippen LogP contribution in [0.2, 0.25) is 0 Å². The van der Waals surface area contributed by atoms with E-state index in [1.165, 1.54) is 0 Å². The van der Waals surface area contributed by atoms with Gasteiger partial charge in [-0.2, -0.15) is 0 Å². The van der Waals surface area contributed by atoms with Crippen LogP contribution in [-0.2, 0) is 4.74 Å². The second-order valence-electron chi connectivity index (χ2n) is 3.51. The molecule has 1 unspecified atom stereocenters. The van der Waals surface area contributed by atoms with Gasteiger partial charge in [-0.15, -0.1) is 0 Å². The van der Waals surface area contributed by atoms with Gasteiger partial charge < -0.3 is 10.1 Å². The molecule has 0 aliphatic carbocycles. The molecule has 0 aliphatic heterocycles. The summed E-state index contributed by atoms with van der Waals surface area (Å²) in [6.07, 6.45) is 2.68. The van der Waals surface area contributed by atoms with Gasteiger partial charge in [0.1, 0.15) is 0 Å². The lowest BCUT2D eigenvalue weighted by atomic mass is 9.93. The summed E-state index contributed by atoms with van der Waals surface area (Å²) in [6, 6.07) is 0. The highest BCUT2D eigenvalue weighted by molar-refractivity contribution is 5.68. The minimum Gasteiger partial charge on any atom is -0.450 e. The van der Waals surface area contributed by atoms with Gasteiger partial charge >= 0.3 is 6.09 Å². The van der Waals surface area contributed by atoms with Crippen LogP contribution in [-0.4, -0.2) is 18.2 Å². The standard InChI is InChI=1S/C10H21NO2/c1-5-8-10(4,6-2)11-9(12)13-7-3/h5-8H2,1-4H3,(H,11,12). The number of hydrogen-bond acceptors (Lipinski definition) is 2. The van der Waals surface area contributed by atoms with E-state index in [1.807, 2.05) is 13.8 Å². The number of alkyl carbamates (subject to hydrolysis) is 1. The highest BCUT2D eigenvalue weighted by atomic mass is 16.5. The SMILES string of the molecule is CCCC(C)(CC)NC(=O)OCC. The van der Waals surface area contributed by atoms with Gasteiger partial charge in [0.2, 0.25) is 0 Å². The molecule has 0 aliphatic rings. The van der Waals surface area contributed by atoms with E-state index >= 15 is 0 Å². The van der Waals surface area contributed by atoms with E-state index < -0.39 is 0 Å². The average molecular weight is 187 g/mol. The number of amides is 1. The molecule has 0 aromatic rings. The van der Waals surface area contributed by atoms with Crippen molar-refractivity contribution >= 4 is 6.09 Å². The van der Waals surface area contributed by atoms with E-state index in [1.54, 1.807) is 0 Å². The van der Waals surface area contributed by atoms with E-state index in [9.17, 15) is 4.79 Å². The number of carbonyl (C=O) groups is 1. The molecule has 0 fully saturated rings. The van der Waals surface area contributed by atoms with Crippen molar-refractivity contribution < 1.29 is 9.53 Å². The van der Waals surface area contributed by atoms with Crippen LogP contribution in [0.4, 0.5) is 4.79 Å². The van der Waals surface area contributed by atoms with Crippen LogP contribution < -0.4 is 5.32 Å². The molecule has 13 heavy (non-hydrogen) atoms. The summed E-state index contributed by atoms with van der Waals surface area (Å²) >= 11 is 0. The van der Waals surface area contributed by atoms with E-state index in [4.69, 9.17) is 4.74 Å². The van der Waals surface area contributed by atoms with Crippen LogP contribution >= 0.6 is 0 Å². The average Bonchev–Trinajstić information content (AvgIpc) is 2.05. The Morgan fingerprint density at radius 1 is 1.38 bits per heavy atom. The van der Waals surface area contributed by atoms with Crippen molar-refractivity contribution in [2.75, 3.05) is 6.61 Å². The topological polar surface area (TPSA) is 38.3 Å². The third-order valence-corrected chi connectivity index (χ3v) is 2.26. The van der Waals surface area contributed by atoms with Crippen LogP contribution in [0.3, 0.4) is 0 Å². The van der Waals surface area contributed by atoms with Gasteiger partial charge in [-0.05, 0) is 26.7 Å². The zero-order valence-corrected chi connectivity index (χ0v) is 9.14. The minimum absolute atomic E-state index is 0.110. The molecular weight excluding hydrogens is 166 g/mol. The first-order chi connectivity index (χ1) is 6.08. The van der Waals surface area contributed by atoms with Crippen molar-refractivity contribution in [1.82, 2.24) is 5.32 Å². The van der Waals surface area contributed by atoms with Crippen molar-refractivity contribution in [3.8, 4) is 0 Å². The van der Waals surface area contributed by atoms with Crippen molar-refractivity contribution in [3.63, 3.8) is 0 Å². The summed E-state index contributed by atoms with van der Waals surface area (Å²) in [7, 11) is 0. The summed E-state index contributed by atoms with van der Waals surface area (Å²) in [6.45, 7) is 8.47. The lowest BCUT2D eigenvalue weighted by Crippen LogP contribution is -2.45. The first-order valence-electron chi connectivity index (χ1n) is 5.03. The molecule has 78 valence electrons. The Hall–Kier alpha value is -0.730. The first kappa shape index (κ1) is 12.3. The van der Waals surface area contributed by atoms with Crippen LogP contribution in [0.5, 0.6) is 0 Å². The molecule has 0 aromatic heterocycles. The Morgan fingerprint density at radius 2 is 2.00 bits per heavy atom. The van der Waals surface area contributed by atoms with Crippen LogP contribution in [0.15, 0.2) is 0 Å². The molecule has 0 saturated carbocycles. The zero-order valence-electron chi connectivity index (χ0n) is 9.14. The summed E-state index contributed by atoms with van der Waals surface area (Å²) in [5.41, 5.74) is -0.110. The van der Waals surface area contributed by atoms with Gasteiger partial charge in [0, 0.05) is 5.54 Å². The fourth-order valence-electron chi connectivity index (χ4n) is 1.29. The number of ether oxygens (including phenoxy) is 1. The van der Waals surface area contributed by atoms with E-state index in [0.717, 1.165) is 19.3 Å². The van der Waals surface area contributed by atoms with Crippen molar-refractivity contribution in [3.05, 3.63) is 0 Å². The molecule has 0 saturated heterocycles. The molecule has 3 nitrogen and oxygen atoms in total. The minimum atomic E-state index is -0.305. The van der Waals surface area contributed by atoms with Crippen LogP contribution in [0, 0.1) is 0 Å². The van der Waals surface area contributed by atoms with Gasteiger partial charge in [0.05, 0.1) is 6.61 Å². The molecule has 0 heterocycles. The predicted molar refractivity (Wildman–Crippen MR) is 53.8 cm³/mol. The zero-order chi connectivity index (χ0) is 10.3. The molecule has 1 amide bonds. The predicted octanol–water partition coefficient (Wildman–Crippen LogP) is 2.70. The van der Waals surface area contributed by atoms with Gasteiger partial charge in [-0.3, -0.25) is 0 Å². The third kappa shape index (κ3) is 4.76. The molecule has 0 radical (unpaired) electrons. The van der Waals surface area contributed by atoms with Crippen LogP contribution in [0.25, 0.3) is 0 Å². The largest absolute Gasteiger partial charge is 0.450 e. The molecule has 1 atom stereocenters. The molecular formula is C10H21NO2. The lowest BCUT2D eigenvalue weighted by molar-refractivity contribution is 0.137. The smallest absolute Gasteiger partial charge is 0.407 e. The molecule has 3 heteroatoms. The fraction of sp³-hybridized carbons (Fsp3) is 0.900. The second-order valence-corrected chi connectivity index (χ2v) is 3.51. The first-order valence-corrected chi connectivity index (χ1v) is 5.03. The van der Waals surface area contributed by atoms with Gasteiger partial charge in [-0.25, -0.2) is 4.79 Å². The number of hydrogen-bond donors (Lipinski definition) is 1. The monoisotopic (exact) mass is 187 g/mol. The second kappa shape index (κ2) is 5.84. The molecule has 0 bridgehead atoms. The summed E-state index contributed by atoms with van der Waals surface area (Å²) in [5.74, 6) is 0. The normalized spacial score (nSPS) is 14.8. The maximum absolute atomic E-state index is 11.2. The quantitative estimate of drug-likeness (QED) is 0.718.